The normalized spacial score (nSPS) is 16.0. The molecule has 1 fully saturated rings. The van der Waals surface area contributed by atoms with Crippen LogP contribution >= 0.6 is 0 Å². The minimum atomic E-state index is -0.199. The van der Waals surface area contributed by atoms with Crippen LogP contribution in [-0.2, 0) is 9.53 Å². The summed E-state index contributed by atoms with van der Waals surface area (Å²) in [6.07, 6.45) is 6.57. The number of hydrogen-bond donors (Lipinski definition) is 1. The molecular formula is C26H24N4O3. The van der Waals surface area contributed by atoms with Gasteiger partial charge in [-0.15, -0.1) is 0 Å². The van der Waals surface area contributed by atoms with Gasteiger partial charge in [-0.25, -0.2) is 0 Å². The predicted molar refractivity (Wildman–Crippen MR) is 127 cm³/mol. The average molecular weight is 441 g/mol. The van der Waals surface area contributed by atoms with E-state index in [0.29, 0.717) is 25.5 Å². The van der Waals surface area contributed by atoms with Gasteiger partial charge in [-0.2, -0.15) is 0 Å². The molecule has 7 heteroatoms. The van der Waals surface area contributed by atoms with Crippen molar-refractivity contribution in [3.8, 4) is 28.1 Å². The van der Waals surface area contributed by atoms with Crippen molar-refractivity contribution >= 4 is 16.9 Å². The second-order valence-corrected chi connectivity index (χ2v) is 7.79. The number of hydrogen-bond acceptors (Lipinski definition) is 5. The van der Waals surface area contributed by atoms with Crippen molar-refractivity contribution in [2.24, 2.45) is 0 Å². The molecule has 0 radical (unpaired) electrons. The van der Waals surface area contributed by atoms with Crippen molar-refractivity contribution in [1.82, 2.24) is 19.9 Å². The number of rotatable bonds is 6. The second-order valence-electron chi connectivity index (χ2n) is 7.79. The van der Waals surface area contributed by atoms with E-state index >= 15 is 0 Å². The number of pyridine rings is 2. The van der Waals surface area contributed by atoms with E-state index < -0.39 is 0 Å². The number of nitrogens with one attached hydrogen (secondary N) is 1. The number of H-pyrrole nitrogens is 1. The Kier molecular flexibility index (Phi) is 5.87. The molecular weight excluding hydrogens is 416 g/mol. The SMILES string of the molecule is C=CC(=O)N1CCOC[C@H]1COc1cnccc1-c1[nH]c2cccnc2c1-c1ccccc1. The molecule has 166 valence electrons. The van der Waals surface area contributed by atoms with Crippen molar-refractivity contribution in [2.45, 2.75) is 6.04 Å². The number of morpholine rings is 1. The highest BCUT2D eigenvalue weighted by Gasteiger charge is 2.27. The summed E-state index contributed by atoms with van der Waals surface area (Å²) < 4.78 is 11.8. The number of amides is 1. The first-order valence-corrected chi connectivity index (χ1v) is 10.9. The second kappa shape index (κ2) is 9.26. The molecule has 5 rings (SSSR count). The Bertz CT molecular complexity index is 1290. The number of aromatic amines is 1. The van der Waals surface area contributed by atoms with Crippen LogP contribution in [0.1, 0.15) is 0 Å². The minimum Gasteiger partial charge on any atom is -0.489 e. The molecule has 4 aromatic rings. The number of carbonyl (C=O) groups excluding carboxylic acids is 1. The van der Waals surface area contributed by atoms with Gasteiger partial charge >= 0.3 is 0 Å². The molecule has 1 saturated heterocycles. The number of benzene rings is 1. The molecule has 7 nitrogen and oxygen atoms in total. The molecule has 0 unspecified atom stereocenters. The summed E-state index contributed by atoms with van der Waals surface area (Å²) in [5.41, 5.74) is 5.68. The van der Waals surface area contributed by atoms with Crippen LogP contribution in [-0.4, -0.2) is 58.2 Å². The van der Waals surface area contributed by atoms with E-state index in [1.807, 2.05) is 36.4 Å². The lowest BCUT2D eigenvalue weighted by molar-refractivity contribution is -0.135. The molecule has 1 aliphatic rings. The van der Waals surface area contributed by atoms with Crippen LogP contribution < -0.4 is 4.74 Å². The molecule has 0 aliphatic carbocycles. The van der Waals surface area contributed by atoms with Crippen LogP contribution in [0.25, 0.3) is 33.4 Å². The van der Waals surface area contributed by atoms with Crippen molar-refractivity contribution in [2.75, 3.05) is 26.4 Å². The Morgan fingerprint density at radius 2 is 2.09 bits per heavy atom. The van der Waals surface area contributed by atoms with Gasteiger partial charge in [0.15, 0.2) is 0 Å². The third-order valence-electron chi connectivity index (χ3n) is 5.79. The maximum Gasteiger partial charge on any atom is 0.246 e. The Balaban J connectivity index is 1.52. The summed E-state index contributed by atoms with van der Waals surface area (Å²) in [5.74, 6) is 0.504. The molecule has 1 aliphatic heterocycles. The zero-order chi connectivity index (χ0) is 22.6. The topological polar surface area (TPSA) is 80.3 Å². The average Bonchev–Trinajstić information content (AvgIpc) is 3.27. The van der Waals surface area contributed by atoms with Gasteiger partial charge in [0.05, 0.1) is 42.2 Å². The van der Waals surface area contributed by atoms with E-state index in [4.69, 9.17) is 9.47 Å². The van der Waals surface area contributed by atoms with Gasteiger partial charge in [-0.3, -0.25) is 14.8 Å². The summed E-state index contributed by atoms with van der Waals surface area (Å²) in [6, 6.07) is 15.8. The van der Waals surface area contributed by atoms with E-state index in [-0.39, 0.29) is 18.6 Å². The fourth-order valence-corrected chi connectivity index (χ4v) is 4.20. The van der Waals surface area contributed by atoms with Gasteiger partial charge in [0.1, 0.15) is 12.4 Å². The molecule has 0 spiro atoms. The molecule has 1 aromatic carbocycles. The van der Waals surface area contributed by atoms with Gasteiger partial charge in [0.25, 0.3) is 0 Å². The summed E-state index contributed by atoms with van der Waals surface area (Å²) in [5, 5.41) is 0. The minimum absolute atomic E-state index is 0.119. The molecule has 1 amide bonds. The molecule has 0 bridgehead atoms. The van der Waals surface area contributed by atoms with Crippen LogP contribution in [0.15, 0.2) is 79.8 Å². The van der Waals surface area contributed by atoms with Crippen molar-refractivity contribution in [1.29, 1.82) is 0 Å². The predicted octanol–water partition coefficient (Wildman–Crippen LogP) is 4.08. The highest BCUT2D eigenvalue weighted by Crippen LogP contribution is 2.40. The molecule has 1 atom stereocenters. The van der Waals surface area contributed by atoms with Crippen LogP contribution in [0.3, 0.4) is 0 Å². The Morgan fingerprint density at radius 1 is 1.21 bits per heavy atom. The summed E-state index contributed by atoms with van der Waals surface area (Å²) in [4.78, 5) is 26.4. The summed E-state index contributed by atoms with van der Waals surface area (Å²) in [6.45, 7) is 5.34. The zero-order valence-electron chi connectivity index (χ0n) is 18.1. The van der Waals surface area contributed by atoms with Crippen molar-refractivity contribution in [3.05, 3.63) is 79.8 Å². The Labute approximate surface area is 191 Å². The van der Waals surface area contributed by atoms with Gasteiger partial charge in [-0.05, 0) is 29.8 Å². The third kappa shape index (κ3) is 4.10. The molecule has 3 aromatic heterocycles. The fraction of sp³-hybridized carbons (Fsp3) is 0.192. The molecule has 0 saturated carbocycles. The smallest absolute Gasteiger partial charge is 0.246 e. The summed E-state index contributed by atoms with van der Waals surface area (Å²) >= 11 is 0. The molecule has 1 N–H and O–H groups in total. The quantitative estimate of drug-likeness (QED) is 0.457. The van der Waals surface area contributed by atoms with Gasteiger partial charge < -0.3 is 19.4 Å². The lowest BCUT2D eigenvalue weighted by atomic mass is 10.0. The van der Waals surface area contributed by atoms with Crippen molar-refractivity contribution < 1.29 is 14.3 Å². The van der Waals surface area contributed by atoms with Gasteiger partial charge in [0, 0.05) is 30.1 Å². The highest BCUT2D eigenvalue weighted by atomic mass is 16.5. The third-order valence-corrected chi connectivity index (χ3v) is 5.79. The maximum absolute atomic E-state index is 12.3. The molecule has 4 heterocycles. The Morgan fingerprint density at radius 3 is 2.94 bits per heavy atom. The first-order chi connectivity index (χ1) is 16.3. The van der Waals surface area contributed by atoms with Crippen LogP contribution in [0.5, 0.6) is 5.75 Å². The highest BCUT2D eigenvalue weighted by molar-refractivity contribution is 6.02. The van der Waals surface area contributed by atoms with Crippen molar-refractivity contribution in [3.63, 3.8) is 0 Å². The lowest BCUT2D eigenvalue weighted by Crippen LogP contribution is -2.50. The molecule has 33 heavy (non-hydrogen) atoms. The fourth-order valence-electron chi connectivity index (χ4n) is 4.20. The van der Waals surface area contributed by atoms with E-state index in [9.17, 15) is 4.79 Å². The van der Waals surface area contributed by atoms with Gasteiger partial charge in [0.2, 0.25) is 5.91 Å². The van der Waals surface area contributed by atoms with E-state index in [1.165, 1.54) is 6.08 Å². The van der Waals surface area contributed by atoms with Crippen LogP contribution in [0.2, 0.25) is 0 Å². The number of fused-ring (bicyclic) bond motifs is 1. The lowest BCUT2D eigenvalue weighted by Gasteiger charge is -2.34. The largest absolute Gasteiger partial charge is 0.489 e. The van der Waals surface area contributed by atoms with E-state index in [0.717, 1.165) is 33.4 Å². The van der Waals surface area contributed by atoms with Gasteiger partial charge in [-0.1, -0.05) is 36.9 Å². The monoisotopic (exact) mass is 440 g/mol. The first-order valence-electron chi connectivity index (χ1n) is 10.9. The van der Waals surface area contributed by atoms with E-state index in [1.54, 1.807) is 23.5 Å². The maximum atomic E-state index is 12.3. The zero-order valence-corrected chi connectivity index (χ0v) is 18.1. The van der Waals surface area contributed by atoms with Crippen LogP contribution in [0.4, 0.5) is 0 Å². The first kappa shape index (κ1) is 20.9. The number of carbonyl (C=O) groups is 1. The number of ether oxygens (including phenoxy) is 2. The standard InChI is InChI=1S/C26H24N4O3/c1-2-23(31)30-13-14-32-16-19(30)17-33-22-15-27-12-10-20(22)25-24(18-7-4-3-5-8-18)26-21(29-25)9-6-11-28-26/h2-12,15,19,29H,1,13-14,16-17H2/t19-/m0/s1. The number of aromatic nitrogens is 3. The summed E-state index contributed by atoms with van der Waals surface area (Å²) in [7, 11) is 0. The van der Waals surface area contributed by atoms with Crippen LogP contribution in [0, 0.1) is 0 Å². The van der Waals surface area contributed by atoms with E-state index in [2.05, 4.69) is 33.7 Å². The Hall–Kier alpha value is -3.97. The number of nitrogens with zero attached hydrogens (tertiary/aromatic N) is 3.